The van der Waals surface area contributed by atoms with Crippen LogP contribution in [0.2, 0.25) is 0 Å². The number of ether oxygens (including phenoxy) is 1. The van der Waals surface area contributed by atoms with Crippen molar-refractivity contribution in [2.75, 3.05) is 14.2 Å². The zero-order valence-corrected chi connectivity index (χ0v) is 14.0. The Bertz CT molecular complexity index is 559. The molecule has 0 saturated heterocycles. The summed E-state index contributed by atoms with van der Waals surface area (Å²) in [7, 11) is 3.47. The quantitative estimate of drug-likeness (QED) is 0.664. The molecule has 2 atom stereocenters. The van der Waals surface area contributed by atoms with Gasteiger partial charge in [0.05, 0.1) is 5.60 Å². The first kappa shape index (κ1) is 16.7. The van der Waals surface area contributed by atoms with Crippen LogP contribution in [-0.4, -0.2) is 31.8 Å². The van der Waals surface area contributed by atoms with E-state index in [4.69, 9.17) is 4.74 Å². The summed E-state index contributed by atoms with van der Waals surface area (Å²) in [6.07, 6.45) is 0.914. The standard InChI is InChI=1S/C17H26FN3O/c1-16(2)14(10-17(16,3)22-5)21-15(19-4)20-11-12-8-6-7-9-13(12)18/h6-9,14H,10-11H2,1-5H3,(H2,19,20,21). The summed E-state index contributed by atoms with van der Waals surface area (Å²) in [5.41, 5.74) is 0.493. The number of hydrogen-bond donors (Lipinski definition) is 2. The van der Waals surface area contributed by atoms with Crippen molar-refractivity contribution in [3.05, 3.63) is 35.6 Å². The average molecular weight is 307 g/mol. The van der Waals surface area contributed by atoms with Crippen LogP contribution in [0.4, 0.5) is 4.39 Å². The average Bonchev–Trinajstić information content (AvgIpc) is 2.51. The van der Waals surface area contributed by atoms with Crippen LogP contribution in [0, 0.1) is 11.2 Å². The minimum absolute atomic E-state index is 0.00261. The highest BCUT2D eigenvalue weighted by molar-refractivity contribution is 5.80. The summed E-state index contributed by atoms with van der Waals surface area (Å²) < 4.78 is 19.3. The third kappa shape index (κ3) is 2.95. The van der Waals surface area contributed by atoms with Crippen LogP contribution in [0.5, 0.6) is 0 Å². The van der Waals surface area contributed by atoms with Gasteiger partial charge in [-0.25, -0.2) is 4.39 Å². The van der Waals surface area contributed by atoms with E-state index in [2.05, 4.69) is 36.4 Å². The molecule has 0 heterocycles. The van der Waals surface area contributed by atoms with Gasteiger partial charge in [0, 0.05) is 37.7 Å². The predicted octanol–water partition coefficient (Wildman–Crippen LogP) is 2.69. The summed E-state index contributed by atoms with van der Waals surface area (Å²) >= 11 is 0. The maximum Gasteiger partial charge on any atom is 0.191 e. The summed E-state index contributed by atoms with van der Waals surface area (Å²) in [4.78, 5) is 4.22. The second-order valence-electron chi connectivity index (χ2n) is 6.57. The van der Waals surface area contributed by atoms with Crippen LogP contribution >= 0.6 is 0 Å². The van der Waals surface area contributed by atoms with E-state index in [9.17, 15) is 4.39 Å². The Morgan fingerprint density at radius 3 is 2.59 bits per heavy atom. The van der Waals surface area contributed by atoms with E-state index >= 15 is 0 Å². The number of aliphatic imine (C=N–C) groups is 1. The van der Waals surface area contributed by atoms with Gasteiger partial charge in [-0.3, -0.25) is 4.99 Å². The zero-order valence-electron chi connectivity index (χ0n) is 14.0. The molecule has 1 saturated carbocycles. The van der Waals surface area contributed by atoms with Crippen molar-refractivity contribution in [1.82, 2.24) is 10.6 Å². The molecular formula is C17H26FN3O. The van der Waals surface area contributed by atoms with Gasteiger partial charge in [-0.05, 0) is 19.4 Å². The highest BCUT2D eigenvalue weighted by Crippen LogP contribution is 2.51. The molecule has 0 aliphatic heterocycles. The van der Waals surface area contributed by atoms with E-state index in [0.29, 0.717) is 18.1 Å². The normalized spacial score (nSPS) is 27.2. The van der Waals surface area contributed by atoms with E-state index in [1.54, 1.807) is 26.3 Å². The number of guanidine groups is 1. The molecule has 22 heavy (non-hydrogen) atoms. The molecule has 0 amide bonds. The predicted molar refractivity (Wildman–Crippen MR) is 87.3 cm³/mol. The molecule has 1 fully saturated rings. The van der Waals surface area contributed by atoms with Crippen molar-refractivity contribution in [2.45, 2.75) is 45.4 Å². The van der Waals surface area contributed by atoms with Gasteiger partial charge in [-0.15, -0.1) is 0 Å². The van der Waals surface area contributed by atoms with E-state index in [0.717, 1.165) is 6.42 Å². The van der Waals surface area contributed by atoms with Crippen molar-refractivity contribution in [1.29, 1.82) is 0 Å². The molecule has 1 aliphatic carbocycles. The van der Waals surface area contributed by atoms with Gasteiger partial charge < -0.3 is 15.4 Å². The Kier molecular flexibility index (Phi) is 4.75. The molecule has 2 rings (SSSR count). The summed E-state index contributed by atoms with van der Waals surface area (Å²) in [6, 6.07) is 7.02. The maximum absolute atomic E-state index is 13.6. The van der Waals surface area contributed by atoms with E-state index in [1.165, 1.54) is 6.07 Å². The Labute approximate surface area is 132 Å². The van der Waals surface area contributed by atoms with Crippen LogP contribution < -0.4 is 10.6 Å². The van der Waals surface area contributed by atoms with Gasteiger partial charge in [0.25, 0.3) is 0 Å². The van der Waals surface area contributed by atoms with Crippen molar-refractivity contribution >= 4 is 5.96 Å². The molecule has 1 aromatic carbocycles. The monoisotopic (exact) mass is 307 g/mol. The Balaban J connectivity index is 1.94. The smallest absolute Gasteiger partial charge is 0.191 e. The van der Waals surface area contributed by atoms with Crippen LogP contribution in [-0.2, 0) is 11.3 Å². The van der Waals surface area contributed by atoms with Gasteiger partial charge in [0.1, 0.15) is 5.82 Å². The number of nitrogens with zero attached hydrogens (tertiary/aromatic N) is 1. The van der Waals surface area contributed by atoms with Crippen molar-refractivity contribution in [2.24, 2.45) is 10.4 Å². The minimum atomic E-state index is -0.207. The Hall–Kier alpha value is -1.62. The largest absolute Gasteiger partial charge is 0.378 e. The topological polar surface area (TPSA) is 45.7 Å². The SMILES string of the molecule is CN=C(NCc1ccccc1F)NC1CC(C)(OC)C1(C)C. The molecule has 0 aromatic heterocycles. The lowest BCUT2D eigenvalue weighted by molar-refractivity contribution is -0.176. The van der Waals surface area contributed by atoms with Crippen LogP contribution in [0.25, 0.3) is 0 Å². The molecule has 2 N–H and O–H groups in total. The van der Waals surface area contributed by atoms with Gasteiger partial charge in [0.2, 0.25) is 0 Å². The molecule has 0 bridgehead atoms. The molecule has 5 heteroatoms. The van der Waals surface area contributed by atoms with Gasteiger partial charge in [0.15, 0.2) is 5.96 Å². The number of benzene rings is 1. The first-order chi connectivity index (χ1) is 10.3. The Morgan fingerprint density at radius 2 is 2.05 bits per heavy atom. The fourth-order valence-corrected chi connectivity index (χ4v) is 2.90. The molecule has 4 nitrogen and oxygen atoms in total. The zero-order chi connectivity index (χ0) is 16.4. The summed E-state index contributed by atoms with van der Waals surface area (Å²) in [5.74, 6) is 0.473. The van der Waals surface area contributed by atoms with Gasteiger partial charge in [-0.1, -0.05) is 32.0 Å². The third-order valence-electron chi connectivity index (χ3n) is 5.22. The van der Waals surface area contributed by atoms with E-state index in [1.807, 2.05) is 6.07 Å². The van der Waals surface area contributed by atoms with Gasteiger partial charge in [-0.2, -0.15) is 0 Å². The first-order valence-corrected chi connectivity index (χ1v) is 7.60. The number of halogens is 1. The van der Waals surface area contributed by atoms with Crippen molar-refractivity contribution < 1.29 is 9.13 Å². The molecule has 2 unspecified atom stereocenters. The van der Waals surface area contributed by atoms with Crippen LogP contribution in [0.3, 0.4) is 0 Å². The fourth-order valence-electron chi connectivity index (χ4n) is 2.90. The first-order valence-electron chi connectivity index (χ1n) is 7.60. The maximum atomic E-state index is 13.6. The number of rotatable bonds is 4. The van der Waals surface area contributed by atoms with Crippen LogP contribution in [0.15, 0.2) is 29.3 Å². The Morgan fingerprint density at radius 1 is 1.36 bits per heavy atom. The lowest BCUT2D eigenvalue weighted by Gasteiger charge is -2.59. The van der Waals surface area contributed by atoms with E-state index < -0.39 is 0 Å². The second kappa shape index (κ2) is 6.24. The van der Waals surface area contributed by atoms with Gasteiger partial charge >= 0.3 is 0 Å². The number of methoxy groups -OCH3 is 1. The molecule has 122 valence electrons. The lowest BCUT2D eigenvalue weighted by Crippen LogP contribution is -2.69. The minimum Gasteiger partial charge on any atom is -0.378 e. The number of hydrogen-bond acceptors (Lipinski definition) is 2. The second-order valence-corrected chi connectivity index (χ2v) is 6.57. The molecule has 1 aromatic rings. The summed E-state index contributed by atoms with van der Waals surface area (Å²) in [5, 5.41) is 6.58. The fraction of sp³-hybridized carbons (Fsp3) is 0.588. The molecule has 0 radical (unpaired) electrons. The highest BCUT2D eigenvalue weighted by Gasteiger charge is 2.58. The number of nitrogens with one attached hydrogen (secondary N) is 2. The third-order valence-corrected chi connectivity index (χ3v) is 5.22. The lowest BCUT2D eigenvalue weighted by atomic mass is 9.56. The van der Waals surface area contributed by atoms with Crippen molar-refractivity contribution in [3.8, 4) is 0 Å². The molecule has 0 spiro atoms. The molecular weight excluding hydrogens is 281 g/mol. The van der Waals surface area contributed by atoms with Crippen LogP contribution in [0.1, 0.15) is 32.8 Å². The highest BCUT2D eigenvalue weighted by atomic mass is 19.1. The van der Waals surface area contributed by atoms with E-state index in [-0.39, 0.29) is 22.9 Å². The summed E-state index contributed by atoms with van der Waals surface area (Å²) in [6.45, 7) is 6.89. The molecule has 1 aliphatic rings. The van der Waals surface area contributed by atoms with Crippen molar-refractivity contribution in [3.63, 3.8) is 0 Å².